The van der Waals surface area contributed by atoms with Crippen LogP contribution in [-0.4, -0.2) is 18.2 Å². The Labute approximate surface area is 69.9 Å². The Kier molecular flexibility index (Phi) is 6.15. The summed E-state index contributed by atoms with van der Waals surface area (Å²) >= 11 is 0. The average Bonchev–Trinajstić information content (AvgIpc) is 2.03. The monoisotopic (exact) mass is 173 g/mol. The van der Waals surface area contributed by atoms with Gasteiger partial charge in [0.2, 0.25) is 5.91 Å². The Morgan fingerprint density at radius 1 is 1.64 bits per heavy atom. The Balaban J connectivity index is 3.67. The van der Waals surface area contributed by atoms with Crippen LogP contribution in [-0.2, 0) is 4.79 Å². The van der Waals surface area contributed by atoms with E-state index in [0.717, 1.165) is 18.7 Å². The average molecular weight is 173 g/mol. The van der Waals surface area contributed by atoms with Gasteiger partial charge in [-0.25, -0.2) is 0 Å². The summed E-state index contributed by atoms with van der Waals surface area (Å²) in [6.45, 7) is 7.64. The van der Waals surface area contributed by atoms with Gasteiger partial charge in [0.05, 0.1) is 0 Å². The van der Waals surface area contributed by atoms with Crippen LogP contribution < -0.4 is 5.09 Å². The second-order valence-electron chi connectivity index (χ2n) is 2.26. The van der Waals surface area contributed by atoms with Crippen molar-refractivity contribution >= 4 is 14.0 Å². The fourth-order valence-electron chi connectivity index (χ4n) is 0.764. The molecule has 1 atom stereocenters. The summed E-state index contributed by atoms with van der Waals surface area (Å²) in [4.78, 5) is 10.8. The van der Waals surface area contributed by atoms with Crippen molar-refractivity contribution in [2.24, 2.45) is 0 Å². The number of nitrogens with one attached hydrogen (secondary N) is 1. The number of carbonyl (C=O) groups is 1. The zero-order valence-corrected chi connectivity index (χ0v) is 8.16. The van der Waals surface area contributed by atoms with E-state index >= 15 is 0 Å². The lowest BCUT2D eigenvalue weighted by Crippen LogP contribution is -2.16. The first-order valence-electron chi connectivity index (χ1n) is 3.92. The van der Waals surface area contributed by atoms with Gasteiger partial charge >= 0.3 is 0 Å². The summed E-state index contributed by atoms with van der Waals surface area (Å²) < 4.78 is 0. The van der Waals surface area contributed by atoms with Crippen molar-refractivity contribution in [1.29, 1.82) is 0 Å². The predicted molar refractivity (Wildman–Crippen MR) is 51.0 cm³/mol. The van der Waals surface area contributed by atoms with Gasteiger partial charge in [-0.15, -0.1) is 0 Å². The highest BCUT2D eigenvalue weighted by Crippen LogP contribution is 2.29. The minimum atomic E-state index is -0.275. The third-order valence-electron chi connectivity index (χ3n) is 1.33. The molecule has 0 bridgehead atoms. The van der Waals surface area contributed by atoms with Gasteiger partial charge in [-0.05, 0) is 26.5 Å². The quantitative estimate of drug-likeness (QED) is 0.500. The van der Waals surface area contributed by atoms with Gasteiger partial charge in [0.1, 0.15) is 0 Å². The smallest absolute Gasteiger partial charge is 0.246 e. The molecule has 0 saturated heterocycles. The standard InChI is InChI=1S/C8H16NOP/c1-4-7-11(6-3)9-8(10)5-2/h5H,2,4,6-7H2,1,3H3,(H,9,10). The predicted octanol–water partition coefficient (Wildman–Crippen LogP) is 2.12. The van der Waals surface area contributed by atoms with Gasteiger partial charge in [0.15, 0.2) is 0 Å². The molecule has 0 fully saturated rings. The van der Waals surface area contributed by atoms with E-state index in [2.05, 4.69) is 25.5 Å². The van der Waals surface area contributed by atoms with Crippen molar-refractivity contribution in [3.8, 4) is 0 Å². The molecule has 1 unspecified atom stereocenters. The van der Waals surface area contributed by atoms with E-state index < -0.39 is 0 Å². The molecular weight excluding hydrogens is 157 g/mol. The Morgan fingerprint density at radius 3 is 2.64 bits per heavy atom. The molecule has 3 heteroatoms. The van der Waals surface area contributed by atoms with E-state index in [1.165, 1.54) is 6.08 Å². The maximum atomic E-state index is 10.8. The maximum Gasteiger partial charge on any atom is 0.246 e. The van der Waals surface area contributed by atoms with E-state index in [9.17, 15) is 4.79 Å². The zero-order valence-electron chi connectivity index (χ0n) is 7.26. The number of carbonyl (C=O) groups excluding carboxylic acids is 1. The first-order valence-corrected chi connectivity index (χ1v) is 5.63. The van der Waals surface area contributed by atoms with Crippen molar-refractivity contribution in [2.75, 3.05) is 12.3 Å². The Morgan fingerprint density at radius 2 is 2.27 bits per heavy atom. The second kappa shape index (κ2) is 6.36. The molecule has 0 aromatic heterocycles. The van der Waals surface area contributed by atoms with Crippen LogP contribution in [0.1, 0.15) is 20.3 Å². The highest BCUT2D eigenvalue weighted by molar-refractivity contribution is 7.56. The number of amides is 1. The topological polar surface area (TPSA) is 29.1 Å². The molecule has 0 aromatic rings. The molecule has 2 nitrogen and oxygen atoms in total. The number of rotatable bonds is 5. The lowest BCUT2D eigenvalue weighted by molar-refractivity contribution is -0.114. The van der Waals surface area contributed by atoms with Gasteiger partial charge in [-0.2, -0.15) is 0 Å². The zero-order chi connectivity index (χ0) is 8.69. The molecule has 0 aliphatic heterocycles. The summed E-state index contributed by atoms with van der Waals surface area (Å²) in [5.74, 6) is -0.0357. The third-order valence-corrected chi connectivity index (χ3v) is 3.62. The molecule has 0 saturated carbocycles. The summed E-state index contributed by atoms with van der Waals surface area (Å²) in [7, 11) is -0.275. The molecule has 0 heterocycles. The van der Waals surface area contributed by atoms with Crippen LogP contribution >= 0.6 is 8.07 Å². The minimum absolute atomic E-state index is 0.0357. The van der Waals surface area contributed by atoms with Crippen molar-refractivity contribution in [1.82, 2.24) is 5.09 Å². The van der Waals surface area contributed by atoms with Gasteiger partial charge in [0, 0.05) is 0 Å². The summed E-state index contributed by atoms with van der Waals surface area (Å²) in [6, 6.07) is 0. The van der Waals surface area contributed by atoms with Gasteiger partial charge < -0.3 is 5.09 Å². The Hall–Kier alpha value is -0.360. The SMILES string of the molecule is C=CC(=O)NP(CC)CCC. The molecule has 0 aromatic carbocycles. The lowest BCUT2D eigenvalue weighted by atomic mass is 10.6. The molecular formula is C8H16NOP. The highest BCUT2D eigenvalue weighted by Gasteiger charge is 2.04. The highest BCUT2D eigenvalue weighted by atomic mass is 31.1. The van der Waals surface area contributed by atoms with Crippen LogP contribution in [0.4, 0.5) is 0 Å². The molecule has 0 radical (unpaired) electrons. The minimum Gasteiger partial charge on any atom is -0.332 e. The fraction of sp³-hybridized carbons (Fsp3) is 0.625. The van der Waals surface area contributed by atoms with Crippen molar-refractivity contribution in [3.05, 3.63) is 12.7 Å². The largest absolute Gasteiger partial charge is 0.332 e. The molecule has 0 aliphatic carbocycles. The molecule has 1 amide bonds. The van der Waals surface area contributed by atoms with Crippen LogP contribution in [0.5, 0.6) is 0 Å². The van der Waals surface area contributed by atoms with E-state index in [1.54, 1.807) is 0 Å². The fourth-order valence-corrected chi connectivity index (χ4v) is 2.29. The first kappa shape index (κ1) is 10.6. The first-order chi connectivity index (χ1) is 5.24. The summed E-state index contributed by atoms with van der Waals surface area (Å²) in [5.41, 5.74) is 0. The molecule has 0 rings (SSSR count). The van der Waals surface area contributed by atoms with Crippen molar-refractivity contribution in [2.45, 2.75) is 20.3 Å². The van der Waals surface area contributed by atoms with Crippen LogP contribution in [0.2, 0.25) is 0 Å². The van der Waals surface area contributed by atoms with E-state index in [0.29, 0.717) is 0 Å². The molecule has 1 N–H and O–H groups in total. The molecule has 64 valence electrons. The van der Waals surface area contributed by atoms with E-state index in [4.69, 9.17) is 0 Å². The molecule has 11 heavy (non-hydrogen) atoms. The van der Waals surface area contributed by atoms with Gasteiger partial charge in [-0.3, -0.25) is 4.79 Å². The molecule has 0 aliphatic rings. The summed E-state index contributed by atoms with van der Waals surface area (Å²) in [5, 5.41) is 2.93. The lowest BCUT2D eigenvalue weighted by Gasteiger charge is -2.14. The van der Waals surface area contributed by atoms with Crippen LogP contribution in [0.3, 0.4) is 0 Å². The number of hydrogen-bond acceptors (Lipinski definition) is 1. The summed E-state index contributed by atoms with van der Waals surface area (Å²) in [6.07, 6.45) is 4.64. The van der Waals surface area contributed by atoms with Crippen LogP contribution in [0.15, 0.2) is 12.7 Å². The van der Waals surface area contributed by atoms with Gasteiger partial charge in [-0.1, -0.05) is 26.8 Å². The maximum absolute atomic E-state index is 10.8. The van der Waals surface area contributed by atoms with E-state index in [-0.39, 0.29) is 14.0 Å². The van der Waals surface area contributed by atoms with Crippen molar-refractivity contribution < 1.29 is 4.79 Å². The van der Waals surface area contributed by atoms with Crippen molar-refractivity contribution in [3.63, 3.8) is 0 Å². The Bertz CT molecular complexity index is 136. The van der Waals surface area contributed by atoms with Gasteiger partial charge in [0.25, 0.3) is 0 Å². The number of hydrogen-bond donors (Lipinski definition) is 1. The van der Waals surface area contributed by atoms with Crippen LogP contribution in [0, 0.1) is 0 Å². The van der Waals surface area contributed by atoms with E-state index in [1.807, 2.05) is 0 Å². The normalized spacial score (nSPS) is 12.2. The second-order valence-corrected chi connectivity index (χ2v) is 4.64. The molecule has 0 spiro atoms. The third kappa shape index (κ3) is 4.97. The van der Waals surface area contributed by atoms with Crippen LogP contribution in [0.25, 0.3) is 0 Å².